The molecule has 2 fully saturated rings. The zero-order chi connectivity index (χ0) is 14.9. The highest BCUT2D eigenvalue weighted by Gasteiger charge is 2.31. The lowest BCUT2D eigenvalue weighted by atomic mass is 10.00. The molecule has 0 N–H and O–H groups in total. The smallest absolute Gasteiger partial charge is 0.256 e. The molecule has 0 aromatic heterocycles. The molecule has 4 heteroatoms. The lowest BCUT2D eigenvalue weighted by Gasteiger charge is -2.32. The molecular formula is C18H24N2O2. The first-order valence-electron chi connectivity index (χ1n) is 8.64. The maximum atomic E-state index is 12.8. The number of carbonyl (C=O) groups excluding carboxylic acids is 1. The summed E-state index contributed by atoms with van der Waals surface area (Å²) >= 11 is 0. The van der Waals surface area contributed by atoms with E-state index in [1.807, 2.05) is 4.90 Å². The number of nitrogens with zero attached hydrogens (tertiary/aromatic N) is 2. The summed E-state index contributed by atoms with van der Waals surface area (Å²) in [7, 11) is 0. The third kappa shape index (κ3) is 2.50. The van der Waals surface area contributed by atoms with Crippen molar-refractivity contribution in [2.24, 2.45) is 0 Å². The Morgan fingerprint density at radius 2 is 1.95 bits per heavy atom. The molecule has 0 spiro atoms. The fraction of sp³-hybridized carbons (Fsp3) is 0.611. The molecule has 0 radical (unpaired) electrons. The number of carbonyl (C=O) groups is 1. The lowest BCUT2D eigenvalue weighted by Crippen LogP contribution is -2.42. The molecule has 22 heavy (non-hydrogen) atoms. The van der Waals surface area contributed by atoms with Crippen LogP contribution >= 0.6 is 0 Å². The Bertz CT molecular complexity index is 560. The lowest BCUT2D eigenvalue weighted by molar-refractivity contribution is -0.127. The second-order valence-corrected chi connectivity index (χ2v) is 6.60. The first-order valence-corrected chi connectivity index (χ1v) is 8.64. The van der Waals surface area contributed by atoms with Crippen LogP contribution in [0.1, 0.15) is 37.7 Å². The summed E-state index contributed by atoms with van der Waals surface area (Å²) in [6.07, 6.45) is 6.33. The number of ether oxygens (including phenoxy) is 1. The summed E-state index contributed by atoms with van der Waals surface area (Å²) in [5, 5.41) is 0. The average Bonchev–Trinajstić information content (AvgIpc) is 3.26. The van der Waals surface area contributed by atoms with Gasteiger partial charge in [-0.3, -0.25) is 4.79 Å². The van der Waals surface area contributed by atoms with Crippen LogP contribution in [-0.2, 0) is 16.0 Å². The predicted octanol–water partition coefficient (Wildman–Crippen LogP) is 2.75. The van der Waals surface area contributed by atoms with Crippen molar-refractivity contribution in [3.63, 3.8) is 0 Å². The van der Waals surface area contributed by atoms with Crippen molar-refractivity contribution >= 4 is 17.3 Å². The summed E-state index contributed by atoms with van der Waals surface area (Å²) in [4.78, 5) is 17.2. The topological polar surface area (TPSA) is 32.8 Å². The number of aryl methyl sites for hydroxylation is 1. The molecule has 1 amide bonds. The van der Waals surface area contributed by atoms with Crippen LogP contribution in [0.15, 0.2) is 18.2 Å². The quantitative estimate of drug-likeness (QED) is 0.842. The van der Waals surface area contributed by atoms with Gasteiger partial charge in [0.2, 0.25) is 0 Å². The van der Waals surface area contributed by atoms with Crippen molar-refractivity contribution in [2.75, 3.05) is 36.0 Å². The fourth-order valence-electron chi connectivity index (χ4n) is 3.91. The zero-order valence-corrected chi connectivity index (χ0v) is 13.1. The minimum absolute atomic E-state index is 0.164. The van der Waals surface area contributed by atoms with E-state index < -0.39 is 0 Å². The van der Waals surface area contributed by atoms with E-state index in [-0.39, 0.29) is 12.0 Å². The van der Waals surface area contributed by atoms with Gasteiger partial charge in [0.25, 0.3) is 5.91 Å². The van der Waals surface area contributed by atoms with E-state index in [9.17, 15) is 4.79 Å². The summed E-state index contributed by atoms with van der Waals surface area (Å²) in [6, 6.07) is 6.68. The number of rotatable bonds is 2. The summed E-state index contributed by atoms with van der Waals surface area (Å²) in [6.45, 7) is 3.83. The van der Waals surface area contributed by atoms with Crippen LogP contribution in [-0.4, -0.2) is 38.3 Å². The van der Waals surface area contributed by atoms with E-state index >= 15 is 0 Å². The third-order valence-corrected chi connectivity index (χ3v) is 5.13. The molecule has 1 atom stereocenters. The van der Waals surface area contributed by atoms with Crippen LogP contribution in [0.2, 0.25) is 0 Å². The molecule has 1 aromatic rings. The van der Waals surface area contributed by atoms with Crippen molar-refractivity contribution < 1.29 is 9.53 Å². The molecule has 0 bridgehead atoms. The molecule has 2 saturated heterocycles. The molecule has 4 rings (SSSR count). The predicted molar refractivity (Wildman–Crippen MR) is 87.5 cm³/mol. The highest BCUT2D eigenvalue weighted by atomic mass is 16.5. The SMILES string of the molecule is O=C([C@H]1CCCO1)N1CCCc2ccc(N3CCCC3)cc21. The summed E-state index contributed by atoms with van der Waals surface area (Å²) in [5.41, 5.74) is 3.69. The highest BCUT2D eigenvalue weighted by Crippen LogP contribution is 2.33. The van der Waals surface area contributed by atoms with E-state index in [1.165, 1.54) is 24.1 Å². The maximum absolute atomic E-state index is 12.8. The molecule has 118 valence electrons. The van der Waals surface area contributed by atoms with Gasteiger partial charge in [0.15, 0.2) is 0 Å². The molecule has 3 aliphatic rings. The van der Waals surface area contributed by atoms with Crippen LogP contribution in [0.4, 0.5) is 11.4 Å². The van der Waals surface area contributed by atoms with Crippen molar-refractivity contribution in [3.8, 4) is 0 Å². The van der Waals surface area contributed by atoms with Crippen molar-refractivity contribution in [1.29, 1.82) is 0 Å². The summed E-state index contributed by atoms with van der Waals surface area (Å²) < 4.78 is 5.61. The minimum Gasteiger partial charge on any atom is -0.371 e. The van der Waals surface area contributed by atoms with Gasteiger partial charge in [0, 0.05) is 37.6 Å². The number of anilines is 2. The minimum atomic E-state index is -0.221. The van der Waals surface area contributed by atoms with Gasteiger partial charge >= 0.3 is 0 Å². The van der Waals surface area contributed by atoms with Crippen LogP contribution in [0.25, 0.3) is 0 Å². The van der Waals surface area contributed by atoms with Gasteiger partial charge in [-0.1, -0.05) is 6.07 Å². The second-order valence-electron chi connectivity index (χ2n) is 6.60. The Morgan fingerprint density at radius 3 is 2.73 bits per heavy atom. The van der Waals surface area contributed by atoms with Gasteiger partial charge < -0.3 is 14.5 Å². The van der Waals surface area contributed by atoms with Gasteiger partial charge in [0.05, 0.1) is 0 Å². The van der Waals surface area contributed by atoms with Crippen molar-refractivity contribution in [3.05, 3.63) is 23.8 Å². The monoisotopic (exact) mass is 300 g/mol. The van der Waals surface area contributed by atoms with Crippen LogP contribution in [0.5, 0.6) is 0 Å². The zero-order valence-electron chi connectivity index (χ0n) is 13.1. The van der Waals surface area contributed by atoms with E-state index in [2.05, 4.69) is 23.1 Å². The normalized spacial score (nSPS) is 24.6. The Labute approximate surface area is 132 Å². The fourth-order valence-corrected chi connectivity index (χ4v) is 3.91. The molecule has 0 saturated carbocycles. The average molecular weight is 300 g/mol. The Kier molecular flexibility index (Phi) is 3.78. The van der Waals surface area contributed by atoms with Crippen molar-refractivity contribution in [1.82, 2.24) is 0 Å². The molecular weight excluding hydrogens is 276 g/mol. The van der Waals surface area contributed by atoms with Gasteiger partial charge in [-0.05, 0) is 56.2 Å². The standard InChI is InChI=1S/C18H24N2O2/c21-18(17-6-4-12-22-17)20-11-3-5-14-7-8-15(13-16(14)20)19-9-1-2-10-19/h7-8,13,17H,1-6,9-12H2/t17-/m1/s1. The van der Waals surface area contributed by atoms with Gasteiger partial charge in [0.1, 0.15) is 6.10 Å². The Hall–Kier alpha value is -1.55. The Morgan fingerprint density at radius 1 is 1.09 bits per heavy atom. The molecule has 4 nitrogen and oxygen atoms in total. The number of hydrogen-bond donors (Lipinski definition) is 0. The van der Waals surface area contributed by atoms with E-state index in [1.54, 1.807) is 0 Å². The van der Waals surface area contributed by atoms with Crippen LogP contribution < -0.4 is 9.80 Å². The molecule has 0 unspecified atom stereocenters. The first kappa shape index (κ1) is 14.1. The van der Waals surface area contributed by atoms with Crippen LogP contribution in [0, 0.1) is 0 Å². The van der Waals surface area contributed by atoms with Gasteiger partial charge in [-0.15, -0.1) is 0 Å². The number of amides is 1. The highest BCUT2D eigenvalue weighted by molar-refractivity contribution is 5.98. The summed E-state index contributed by atoms with van der Waals surface area (Å²) in [5.74, 6) is 0.164. The molecule has 3 aliphatic heterocycles. The van der Waals surface area contributed by atoms with E-state index in [4.69, 9.17) is 4.74 Å². The molecule has 3 heterocycles. The van der Waals surface area contributed by atoms with Crippen molar-refractivity contribution in [2.45, 2.75) is 44.6 Å². The third-order valence-electron chi connectivity index (χ3n) is 5.13. The Balaban J connectivity index is 1.63. The van der Waals surface area contributed by atoms with Gasteiger partial charge in [-0.25, -0.2) is 0 Å². The number of hydrogen-bond acceptors (Lipinski definition) is 3. The van der Waals surface area contributed by atoms with Crippen LogP contribution in [0.3, 0.4) is 0 Å². The molecule has 1 aromatic carbocycles. The number of benzene rings is 1. The first-order chi connectivity index (χ1) is 10.8. The molecule has 0 aliphatic carbocycles. The number of fused-ring (bicyclic) bond motifs is 1. The second kappa shape index (κ2) is 5.92. The van der Waals surface area contributed by atoms with E-state index in [0.29, 0.717) is 0 Å². The maximum Gasteiger partial charge on any atom is 0.256 e. The van der Waals surface area contributed by atoms with E-state index in [0.717, 1.165) is 57.6 Å². The van der Waals surface area contributed by atoms with Gasteiger partial charge in [-0.2, -0.15) is 0 Å². The largest absolute Gasteiger partial charge is 0.371 e.